The molecule has 1 atom stereocenters. The fourth-order valence-corrected chi connectivity index (χ4v) is 3.11. The van der Waals surface area contributed by atoms with Gasteiger partial charge in [-0.1, -0.05) is 19.3 Å². The Labute approximate surface area is 131 Å². The van der Waals surface area contributed by atoms with Crippen LogP contribution in [0.3, 0.4) is 0 Å². The number of carbonyl (C=O) groups excluding carboxylic acids is 1. The van der Waals surface area contributed by atoms with Gasteiger partial charge in [0.25, 0.3) is 0 Å². The van der Waals surface area contributed by atoms with Gasteiger partial charge in [-0.15, -0.1) is 10.2 Å². The highest BCUT2D eigenvalue weighted by Crippen LogP contribution is 2.24. The van der Waals surface area contributed by atoms with Crippen molar-refractivity contribution in [3.05, 3.63) is 12.1 Å². The molecule has 1 aromatic heterocycles. The molecule has 1 saturated carbocycles. The predicted molar refractivity (Wildman–Crippen MR) is 84.7 cm³/mol. The zero-order chi connectivity index (χ0) is 15.2. The Balaban J connectivity index is 1.47. The lowest BCUT2D eigenvalue weighted by Crippen LogP contribution is -2.25. The van der Waals surface area contributed by atoms with Gasteiger partial charge in [0.1, 0.15) is 5.82 Å². The summed E-state index contributed by atoms with van der Waals surface area (Å²) in [6.07, 6.45) is 8.01. The molecule has 2 aliphatic rings. The fraction of sp³-hybridized carbons (Fsp3) is 0.688. The van der Waals surface area contributed by atoms with Crippen LogP contribution >= 0.6 is 0 Å². The molecule has 2 heterocycles. The summed E-state index contributed by atoms with van der Waals surface area (Å²) in [5.74, 6) is 1.45. The van der Waals surface area contributed by atoms with Crippen molar-refractivity contribution in [1.82, 2.24) is 10.2 Å². The summed E-state index contributed by atoms with van der Waals surface area (Å²) in [5, 5.41) is 14.3. The van der Waals surface area contributed by atoms with E-state index in [9.17, 15) is 4.79 Å². The first-order valence-electron chi connectivity index (χ1n) is 8.31. The van der Waals surface area contributed by atoms with Gasteiger partial charge in [0.15, 0.2) is 5.82 Å². The summed E-state index contributed by atoms with van der Waals surface area (Å²) in [6, 6.07) is 3.64. The lowest BCUT2D eigenvalue weighted by molar-refractivity contribution is -0.120. The molecule has 120 valence electrons. The number of ether oxygens (including phenoxy) is 1. The van der Waals surface area contributed by atoms with E-state index >= 15 is 0 Å². The maximum atomic E-state index is 12.1. The van der Waals surface area contributed by atoms with E-state index < -0.39 is 0 Å². The van der Waals surface area contributed by atoms with Crippen LogP contribution in [-0.4, -0.2) is 35.4 Å². The summed E-state index contributed by atoms with van der Waals surface area (Å²) < 4.78 is 5.55. The Morgan fingerprint density at radius 3 is 2.55 bits per heavy atom. The average Bonchev–Trinajstić information content (AvgIpc) is 3.08. The van der Waals surface area contributed by atoms with Crippen LogP contribution in [0.15, 0.2) is 12.1 Å². The number of nitrogens with one attached hydrogen (secondary N) is 2. The predicted octanol–water partition coefficient (Wildman–Crippen LogP) is 2.59. The smallest absolute Gasteiger partial charge is 0.228 e. The number of hydrogen-bond acceptors (Lipinski definition) is 5. The Morgan fingerprint density at radius 1 is 1.09 bits per heavy atom. The third-order valence-corrected chi connectivity index (χ3v) is 4.43. The molecule has 2 fully saturated rings. The van der Waals surface area contributed by atoms with E-state index in [4.69, 9.17) is 4.74 Å². The van der Waals surface area contributed by atoms with Gasteiger partial charge in [-0.3, -0.25) is 4.79 Å². The molecule has 0 radical (unpaired) electrons. The molecule has 1 aromatic rings. The van der Waals surface area contributed by atoms with Crippen molar-refractivity contribution in [3.63, 3.8) is 0 Å². The van der Waals surface area contributed by atoms with Gasteiger partial charge in [0.2, 0.25) is 5.91 Å². The van der Waals surface area contributed by atoms with E-state index in [1.165, 1.54) is 6.42 Å². The molecule has 0 spiro atoms. The van der Waals surface area contributed by atoms with Crippen LogP contribution in [-0.2, 0) is 9.53 Å². The normalized spacial score (nSPS) is 22.5. The van der Waals surface area contributed by atoms with E-state index in [1.54, 1.807) is 6.07 Å². The van der Waals surface area contributed by atoms with E-state index in [1.807, 2.05) is 6.07 Å². The highest BCUT2D eigenvalue weighted by Gasteiger charge is 2.21. The molecule has 1 saturated heterocycles. The van der Waals surface area contributed by atoms with Crippen molar-refractivity contribution < 1.29 is 9.53 Å². The van der Waals surface area contributed by atoms with Gasteiger partial charge in [0.05, 0.1) is 6.10 Å². The van der Waals surface area contributed by atoms with Crippen molar-refractivity contribution in [2.45, 2.75) is 51.0 Å². The van der Waals surface area contributed by atoms with Gasteiger partial charge in [-0.2, -0.15) is 0 Å². The van der Waals surface area contributed by atoms with Crippen LogP contribution in [0.25, 0.3) is 0 Å². The minimum absolute atomic E-state index is 0.0778. The zero-order valence-corrected chi connectivity index (χ0v) is 12.9. The highest BCUT2D eigenvalue weighted by atomic mass is 16.5. The second-order valence-corrected chi connectivity index (χ2v) is 6.14. The maximum Gasteiger partial charge on any atom is 0.228 e. The Kier molecular flexibility index (Phi) is 5.21. The first-order chi connectivity index (χ1) is 10.8. The molecular weight excluding hydrogens is 280 g/mol. The number of aromatic nitrogens is 2. The lowest BCUT2D eigenvalue weighted by Gasteiger charge is -2.20. The standard InChI is InChI=1S/C16H24N4O2/c21-16(12-5-2-1-3-6-12)18-15-9-8-14(19-20-15)17-11-13-7-4-10-22-13/h8-9,12-13H,1-7,10-11H2,(H,17,19)(H,18,20,21). The molecule has 0 aromatic carbocycles. The van der Waals surface area contributed by atoms with Crippen LogP contribution in [0.1, 0.15) is 44.9 Å². The number of nitrogens with zero attached hydrogens (tertiary/aromatic N) is 2. The first kappa shape index (κ1) is 15.2. The van der Waals surface area contributed by atoms with Gasteiger partial charge in [-0.25, -0.2) is 0 Å². The number of hydrogen-bond donors (Lipinski definition) is 2. The Hall–Kier alpha value is -1.69. The maximum absolute atomic E-state index is 12.1. The Bertz CT molecular complexity index is 479. The minimum atomic E-state index is 0.0778. The molecular formula is C16H24N4O2. The lowest BCUT2D eigenvalue weighted by atomic mass is 9.89. The zero-order valence-electron chi connectivity index (χ0n) is 12.9. The van der Waals surface area contributed by atoms with Gasteiger partial charge in [-0.05, 0) is 37.8 Å². The average molecular weight is 304 g/mol. The SMILES string of the molecule is O=C(Nc1ccc(NCC2CCCO2)nn1)C1CCCCC1. The quantitative estimate of drug-likeness (QED) is 0.874. The molecule has 6 heteroatoms. The number of rotatable bonds is 5. The molecule has 1 aliphatic carbocycles. The van der Waals surface area contributed by atoms with Gasteiger partial charge < -0.3 is 15.4 Å². The Morgan fingerprint density at radius 2 is 1.86 bits per heavy atom. The van der Waals surface area contributed by atoms with Crippen molar-refractivity contribution in [1.29, 1.82) is 0 Å². The van der Waals surface area contributed by atoms with E-state index in [-0.39, 0.29) is 17.9 Å². The highest BCUT2D eigenvalue weighted by molar-refractivity contribution is 5.91. The molecule has 1 aliphatic heterocycles. The second kappa shape index (κ2) is 7.54. The molecule has 22 heavy (non-hydrogen) atoms. The molecule has 6 nitrogen and oxygen atoms in total. The van der Waals surface area contributed by atoms with E-state index in [0.717, 1.165) is 51.7 Å². The second-order valence-electron chi connectivity index (χ2n) is 6.14. The van der Waals surface area contributed by atoms with Crippen molar-refractivity contribution in [2.75, 3.05) is 23.8 Å². The number of carbonyl (C=O) groups is 1. The molecule has 1 unspecified atom stereocenters. The summed E-state index contributed by atoms with van der Waals surface area (Å²) in [6.45, 7) is 1.60. The van der Waals surface area contributed by atoms with Crippen LogP contribution < -0.4 is 10.6 Å². The van der Waals surface area contributed by atoms with Gasteiger partial charge in [0, 0.05) is 19.1 Å². The fourth-order valence-electron chi connectivity index (χ4n) is 3.11. The largest absolute Gasteiger partial charge is 0.376 e. The minimum Gasteiger partial charge on any atom is -0.376 e. The molecule has 3 rings (SSSR count). The molecule has 2 N–H and O–H groups in total. The topological polar surface area (TPSA) is 76.1 Å². The monoisotopic (exact) mass is 304 g/mol. The van der Waals surface area contributed by atoms with Crippen molar-refractivity contribution >= 4 is 17.5 Å². The van der Waals surface area contributed by atoms with E-state index in [0.29, 0.717) is 11.6 Å². The summed E-state index contributed by atoms with van der Waals surface area (Å²) >= 11 is 0. The number of amides is 1. The van der Waals surface area contributed by atoms with Crippen LogP contribution in [0.2, 0.25) is 0 Å². The van der Waals surface area contributed by atoms with Gasteiger partial charge >= 0.3 is 0 Å². The third-order valence-electron chi connectivity index (χ3n) is 4.43. The summed E-state index contributed by atoms with van der Waals surface area (Å²) in [7, 11) is 0. The van der Waals surface area contributed by atoms with Crippen LogP contribution in [0.4, 0.5) is 11.6 Å². The first-order valence-corrected chi connectivity index (χ1v) is 8.31. The molecule has 1 amide bonds. The third kappa shape index (κ3) is 4.16. The molecule has 0 bridgehead atoms. The summed E-state index contributed by atoms with van der Waals surface area (Å²) in [4.78, 5) is 12.1. The number of anilines is 2. The van der Waals surface area contributed by atoms with Crippen molar-refractivity contribution in [2.24, 2.45) is 5.92 Å². The van der Waals surface area contributed by atoms with E-state index in [2.05, 4.69) is 20.8 Å². The van der Waals surface area contributed by atoms with Crippen molar-refractivity contribution in [3.8, 4) is 0 Å². The van der Waals surface area contributed by atoms with Crippen LogP contribution in [0, 0.1) is 5.92 Å². The van der Waals surface area contributed by atoms with Crippen LogP contribution in [0.5, 0.6) is 0 Å². The summed E-state index contributed by atoms with van der Waals surface area (Å²) in [5.41, 5.74) is 0.